The van der Waals surface area contributed by atoms with Gasteiger partial charge in [0.2, 0.25) is 0 Å². The van der Waals surface area contributed by atoms with Crippen molar-refractivity contribution in [3.63, 3.8) is 0 Å². The summed E-state index contributed by atoms with van der Waals surface area (Å²) < 4.78 is 5.96. The van der Waals surface area contributed by atoms with Crippen LogP contribution in [0, 0.1) is 12.8 Å². The minimum Gasteiger partial charge on any atom is -0.493 e. The molecule has 2 aliphatic rings. The van der Waals surface area contributed by atoms with E-state index in [0.717, 1.165) is 46.2 Å². The van der Waals surface area contributed by atoms with Crippen LogP contribution in [0.3, 0.4) is 0 Å². The lowest BCUT2D eigenvalue weighted by molar-refractivity contribution is -0.113. The first-order valence-corrected chi connectivity index (χ1v) is 13.6. The second-order valence-electron chi connectivity index (χ2n) is 10.9. The van der Waals surface area contributed by atoms with Gasteiger partial charge in [0.05, 0.1) is 6.61 Å². The standard InChI is InChI=1S/C33H38N2O2/c1-23-4-10-26(11-5-23)27-12-17-32-29(20-27)21-28(18-19-37-32)33(36)34-30-13-8-25(9-14-30)22-35(3)31-15-6-24(2)7-16-31/h4-5,8-14,17,20-21,24,31H,6-7,15-16,18-19,22H2,1-3H3,(H,34,36). The normalized spacial score (nSPS) is 19.4. The Morgan fingerprint density at radius 1 is 0.946 bits per heavy atom. The fraction of sp³-hybridized carbons (Fsp3) is 0.364. The molecule has 3 aromatic rings. The van der Waals surface area contributed by atoms with Gasteiger partial charge in [-0.05, 0) is 92.6 Å². The molecule has 0 unspecified atom stereocenters. The van der Waals surface area contributed by atoms with Crippen LogP contribution in [0.1, 0.15) is 55.7 Å². The third-order valence-electron chi connectivity index (χ3n) is 7.90. The van der Waals surface area contributed by atoms with E-state index in [1.165, 1.54) is 36.8 Å². The van der Waals surface area contributed by atoms with Crippen molar-refractivity contribution < 1.29 is 9.53 Å². The van der Waals surface area contributed by atoms with Crippen LogP contribution < -0.4 is 10.1 Å². The highest BCUT2D eigenvalue weighted by molar-refractivity contribution is 6.07. The first kappa shape index (κ1) is 25.3. The lowest BCUT2D eigenvalue weighted by atomic mass is 9.86. The molecule has 3 aromatic carbocycles. The lowest BCUT2D eigenvalue weighted by Gasteiger charge is -2.33. The maximum Gasteiger partial charge on any atom is 0.251 e. The molecule has 0 spiro atoms. The van der Waals surface area contributed by atoms with E-state index in [9.17, 15) is 4.79 Å². The van der Waals surface area contributed by atoms with Crippen molar-refractivity contribution in [2.24, 2.45) is 5.92 Å². The summed E-state index contributed by atoms with van der Waals surface area (Å²) in [5, 5.41) is 3.10. The summed E-state index contributed by atoms with van der Waals surface area (Å²) in [5.74, 6) is 1.62. The maximum atomic E-state index is 13.2. The second kappa shape index (κ2) is 11.4. The molecule has 0 radical (unpaired) electrons. The van der Waals surface area contributed by atoms with Crippen LogP contribution in [0.5, 0.6) is 5.75 Å². The number of nitrogens with one attached hydrogen (secondary N) is 1. The number of hydrogen-bond acceptors (Lipinski definition) is 3. The Kier molecular flexibility index (Phi) is 7.76. The molecule has 1 N–H and O–H groups in total. The highest BCUT2D eigenvalue weighted by Crippen LogP contribution is 2.32. The number of ether oxygens (including phenoxy) is 1. The topological polar surface area (TPSA) is 41.6 Å². The van der Waals surface area contributed by atoms with Gasteiger partial charge in [-0.2, -0.15) is 0 Å². The Hall–Kier alpha value is -3.37. The van der Waals surface area contributed by atoms with Crippen LogP contribution in [0.4, 0.5) is 5.69 Å². The molecule has 192 valence electrons. The number of anilines is 1. The van der Waals surface area contributed by atoms with Gasteiger partial charge in [-0.25, -0.2) is 0 Å². The molecule has 0 aromatic heterocycles. The second-order valence-corrected chi connectivity index (χ2v) is 10.9. The van der Waals surface area contributed by atoms with Gasteiger partial charge >= 0.3 is 0 Å². The van der Waals surface area contributed by atoms with E-state index < -0.39 is 0 Å². The fourth-order valence-corrected chi connectivity index (χ4v) is 5.43. The molecule has 4 nitrogen and oxygen atoms in total. The summed E-state index contributed by atoms with van der Waals surface area (Å²) in [7, 11) is 2.24. The summed E-state index contributed by atoms with van der Waals surface area (Å²) in [6, 6.07) is 23.6. The molecule has 37 heavy (non-hydrogen) atoms. The lowest BCUT2D eigenvalue weighted by Crippen LogP contribution is -2.34. The molecule has 1 fully saturated rings. The van der Waals surface area contributed by atoms with E-state index in [2.05, 4.69) is 79.6 Å². The smallest absolute Gasteiger partial charge is 0.251 e. The zero-order valence-corrected chi connectivity index (χ0v) is 22.3. The molecule has 4 heteroatoms. The molecule has 1 amide bonds. The van der Waals surface area contributed by atoms with Crippen molar-refractivity contribution in [3.8, 4) is 16.9 Å². The summed E-state index contributed by atoms with van der Waals surface area (Å²) in [4.78, 5) is 15.7. The van der Waals surface area contributed by atoms with Crippen molar-refractivity contribution in [3.05, 3.63) is 89.0 Å². The molecular weight excluding hydrogens is 456 g/mol. The number of benzene rings is 3. The molecule has 0 atom stereocenters. The van der Waals surface area contributed by atoms with E-state index >= 15 is 0 Å². The van der Waals surface area contributed by atoms with Crippen LogP contribution in [0.15, 0.2) is 72.3 Å². The number of carbonyl (C=O) groups is 1. The van der Waals surface area contributed by atoms with E-state index in [1.54, 1.807) is 0 Å². The summed E-state index contributed by atoms with van der Waals surface area (Å²) in [5.41, 5.74) is 7.27. The van der Waals surface area contributed by atoms with Crippen LogP contribution >= 0.6 is 0 Å². The van der Waals surface area contributed by atoms with Crippen LogP contribution in [-0.2, 0) is 11.3 Å². The van der Waals surface area contributed by atoms with Crippen molar-refractivity contribution in [1.29, 1.82) is 0 Å². The van der Waals surface area contributed by atoms with Gasteiger partial charge in [-0.15, -0.1) is 0 Å². The van der Waals surface area contributed by atoms with Crippen LogP contribution in [0.25, 0.3) is 17.2 Å². The van der Waals surface area contributed by atoms with Crippen molar-refractivity contribution in [1.82, 2.24) is 4.90 Å². The van der Waals surface area contributed by atoms with Gasteiger partial charge in [-0.1, -0.05) is 55.0 Å². The minimum absolute atomic E-state index is 0.0709. The molecule has 1 aliphatic heterocycles. The third-order valence-corrected chi connectivity index (χ3v) is 7.90. The molecule has 1 saturated carbocycles. The van der Waals surface area contributed by atoms with Crippen molar-refractivity contribution in [2.75, 3.05) is 19.0 Å². The fourth-order valence-electron chi connectivity index (χ4n) is 5.43. The number of amides is 1. The van der Waals surface area contributed by atoms with Crippen LogP contribution in [-0.4, -0.2) is 30.5 Å². The predicted octanol–water partition coefficient (Wildman–Crippen LogP) is 7.48. The number of carbonyl (C=O) groups excluding carboxylic acids is 1. The first-order chi connectivity index (χ1) is 17.9. The van der Waals surface area contributed by atoms with E-state index in [-0.39, 0.29) is 5.91 Å². The molecule has 1 aliphatic carbocycles. The number of nitrogens with zero attached hydrogens (tertiary/aromatic N) is 1. The molecule has 0 saturated heterocycles. The number of aryl methyl sites for hydroxylation is 1. The highest BCUT2D eigenvalue weighted by Gasteiger charge is 2.22. The zero-order valence-electron chi connectivity index (χ0n) is 22.3. The van der Waals surface area contributed by atoms with Gasteiger partial charge in [0.25, 0.3) is 5.91 Å². The van der Waals surface area contributed by atoms with E-state index in [4.69, 9.17) is 4.74 Å². The van der Waals surface area contributed by atoms with Gasteiger partial charge in [0.15, 0.2) is 0 Å². The summed E-state index contributed by atoms with van der Waals surface area (Å²) in [6.45, 7) is 5.88. The van der Waals surface area contributed by atoms with Gasteiger partial charge in [0, 0.05) is 35.8 Å². The van der Waals surface area contributed by atoms with Gasteiger partial charge in [-0.3, -0.25) is 9.69 Å². The molecule has 1 heterocycles. The highest BCUT2D eigenvalue weighted by atomic mass is 16.5. The first-order valence-electron chi connectivity index (χ1n) is 13.6. The Labute approximate surface area is 221 Å². The van der Waals surface area contributed by atoms with E-state index in [0.29, 0.717) is 19.1 Å². The number of fused-ring (bicyclic) bond motifs is 1. The average Bonchev–Trinajstić information content (AvgIpc) is 3.13. The van der Waals surface area contributed by atoms with Crippen molar-refractivity contribution in [2.45, 2.75) is 58.5 Å². The number of rotatable bonds is 6. The predicted molar refractivity (Wildman–Crippen MR) is 153 cm³/mol. The zero-order chi connectivity index (χ0) is 25.8. The van der Waals surface area contributed by atoms with Crippen LogP contribution in [0.2, 0.25) is 0 Å². The molecular formula is C33H38N2O2. The quantitative estimate of drug-likeness (QED) is 0.386. The average molecular weight is 495 g/mol. The SMILES string of the molecule is Cc1ccc(-c2ccc3c(c2)C=C(C(=O)Nc2ccc(CN(C)C4CCC(C)CC4)cc2)CCO3)cc1. The minimum atomic E-state index is -0.0709. The van der Waals surface area contributed by atoms with Gasteiger partial charge in [0.1, 0.15) is 5.75 Å². The largest absolute Gasteiger partial charge is 0.493 e. The molecule has 5 rings (SSSR count). The third kappa shape index (κ3) is 6.31. The monoisotopic (exact) mass is 494 g/mol. The summed E-state index contributed by atoms with van der Waals surface area (Å²) in [6.07, 6.45) is 7.80. The number of hydrogen-bond donors (Lipinski definition) is 1. The summed E-state index contributed by atoms with van der Waals surface area (Å²) >= 11 is 0. The Morgan fingerprint density at radius 2 is 1.65 bits per heavy atom. The Balaban J connectivity index is 1.24. The molecule has 0 bridgehead atoms. The Morgan fingerprint density at radius 3 is 2.38 bits per heavy atom. The van der Waals surface area contributed by atoms with E-state index in [1.807, 2.05) is 24.3 Å². The Bertz CT molecular complexity index is 1250. The van der Waals surface area contributed by atoms with Gasteiger partial charge < -0.3 is 10.1 Å². The van der Waals surface area contributed by atoms with Crippen molar-refractivity contribution >= 4 is 17.7 Å². The maximum absolute atomic E-state index is 13.2.